The third kappa shape index (κ3) is 3.63. The lowest BCUT2D eigenvalue weighted by Gasteiger charge is -2.45. The Bertz CT molecular complexity index is 609. The van der Waals surface area contributed by atoms with E-state index >= 15 is 0 Å². The molecule has 2 heterocycles. The summed E-state index contributed by atoms with van der Waals surface area (Å²) in [7, 11) is 0. The van der Waals surface area contributed by atoms with E-state index in [9.17, 15) is 4.79 Å². The third-order valence-electron chi connectivity index (χ3n) is 6.96. The fourth-order valence-corrected chi connectivity index (χ4v) is 5.39. The molecule has 144 valence electrons. The van der Waals surface area contributed by atoms with Gasteiger partial charge in [-0.1, -0.05) is 43.0 Å². The molecule has 1 N–H and O–H groups in total. The topological polar surface area (TPSA) is 32.3 Å². The summed E-state index contributed by atoms with van der Waals surface area (Å²) in [5, 5.41) is 4.26. The highest BCUT2D eigenvalue weighted by Gasteiger charge is 2.46. The van der Waals surface area contributed by atoms with Crippen molar-refractivity contribution in [1.29, 1.82) is 0 Å². The van der Waals surface area contributed by atoms with Crippen LogP contribution < -0.4 is 5.32 Å². The van der Waals surface area contributed by atoms with E-state index in [2.05, 4.69) is 22.3 Å². The largest absolute Gasteiger partial charge is 0.342 e. The van der Waals surface area contributed by atoms with Crippen molar-refractivity contribution in [3.63, 3.8) is 0 Å². The van der Waals surface area contributed by atoms with Crippen molar-refractivity contribution in [2.24, 2.45) is 5.41 Å². The van der Waals surface area contributed by atoms with E-state index < -0.39 is 0 Å². The monoisotopic (exact) mass is 396 g/mol. The van der Waals surface area contributed by atoms with Crippen LogP contribution in [-0.2, 0) is 10.2 Å². The molecule has 26 heavy (non-hydrogen) atoms. The number of carbonyl (C=O) groups is 1. The molecule has 1 aromatic rings. The molecule has 3 nitrogen and oxygen atoms in total. The van der Waals surface area contributed by atoms with Crippen LogP contribution in [0, 0.1) is 5.41 Å². The Morgan fingerprint density at radius 3 is 2.19 bits per heavy atom. The molecule has 0 bridgehead atoms. The van der Waals surface area contributed by atoms with Crippen molar-refractivity contribution in [3.8, 4) is 0 Å². The molecular formula is C21H30Cl2N2O. The van der Waals surface area contributed by atoms with E-state index in [4.69, 9.17) is 11.6 Å². The first-order valence-electron chi connectivity index (χ1n) is 9.90. The highest BCUT2D eigenvalue weighted by molar-refractivity contribution is 6.30. The Morgan fingerprint density at radius 1 is 0.962 bits per heavy atom. The van der Waals surface area contributed by atoms with Gasteiger partial charge in [0, 0.05) is 24.7 Å². The second-order valence-electron chi connectivity index (χ2n) is 8.37. The minimum Gasteiger partial charge on any atom is -0.342 e. The Hall–Kier alpha value is -0.770. The van der Waals surface area contributed by atoms with Crippen LogP contribution in [0.5, 0.6) is 0 Å². The smallest absolute Gasteiger partial charge is 0.233 e. The highest BCUT2D eigenvalue weighted by Crippen LogP contribution is 2.43. The molecule has 4 rings (SSSR count). The van der Waals surface area contributed by atoms with Crippen LogP contribution in [0.2, 0.25) is 5.02 Å². The van der Waals surface area contributed by atoms with Gasteiger partial charge in [-0.3, -0.25) is 4.79 Å². The molecule has 1 spiro atoms. The van der Waals surface area contributed by atoms with Gasteiger partial charge >= 0.3 is 0 Å². The standard InChI is InChI=1S/C21H29ClN2O.ClH/c22-18-6-4-17(5-7-18)21(8-2-1-3-9-21)19(25)24-14-11-20(12-15-24)10-13-23-16-20;/h4-7,23H,1-3,8-16H2;1H. The molecule has 1 saturated carbocycles. The van der Waals surface area contributed by atoms with Crippen molar-refractivity contribution >= 4 is 29.9 Å². The Balaban J connectivity index is 0.00000196. The first-order valence-corrected chi connectivity index (χ1v) is 10.3. The van der Waals surface area contributed by atoms with Gasteiger partial charge in [0.05, 0.1) is 5.41 Å². The molecular weight excluding hydrogens is 367 g/mol. The molecule has 3 fully saturated rings. The normalized spacial score (nSPS) is 24.3. The summed E-state index contributed by atoms with van der Waals surface area (Å²) in [6.45, 7) is 4.13. The summed E-state index contributed by atoms with van der Waals surface area (Å²) in [6.07, 6.45) is 9.10. The second-order valence-corrected chi connectivity index (χ2v) is 8.81. The van der Waals surface area contributed by atoms with Gasteiger partial charge in [0.25, 0.3) is 0 Å². The first-order chi connectivity index (χ1) is 12.1. The summed E-state index contributed by atoms with van der Waals surface area (Å²) >= 11 is 6.09. The Morgan fingerprint density at radius 2 is 1.62 bits per heavy atom. The maximum atomic E-state index is 13.6. The Kier molecular flexibility index (Phi) is 6.21. The number of benzene rings is 1. The fourth-order valence-electron chi connectivity index (χ4n) is 5.26. The summed E-state index contributed by atoms with van der Waals surface area (Å²) in [6, 6.07) is 8.04. The van der Waals surface area contributed by atoms with Gasteiger partial charge in [0.2, 0.25) is 5.91 Å². The lowest BCUT2D eigenvalue weighted by atomic mass is 9.68. The average molecular weight is 397 g/mol. The number of amides is 1. The molecule has 2 aliphatic heterocycles. The number of hydrogen-bond donors (Lipinski definition) is 1. The minimum absolute atomic E-state index is 0. The second kappa shape index (κ2) is 8.08. The predicted octanol–water partition coefficient (Wildman–Crippen LogP) is 4.57. The zero-order valence-electron chi connectivity index (χ0n) is 15.4. The van der Waals surface area contributed by atoms with Crippen LogP contribution in [0.4, 0.5) is 0 Å². The zero-order valence-corrected chi connectivity index (χ0v) is 17.0. The van der Waals surface area contributed by atoms with Crippen molar-refractivity contribution in [3.05, 3.63) is 34.9 Å². The molecule has 2 saturated heterocycles. The maximum Gasteiger partial charge on any atom is 0.233 e. The van der Waals surface area contributed by atoms with E-state index in [1.54, 1.807) is 0 Å². The fraction of sp³-hybridized carbons (Fsp3) is 0.667. The maximum absolute atomic E-state index is 13.6. The molecule has 0 unspecified atom stereocenters. The van der Waals surface area contributed by atoms with Crippen LogP contribution in [-0.4, -0.2) is 37.0 Å². The highest BCUT2D eigenvalue weighted by atomic mass is 35.5. The predicted molar refractivity (Wildman–Crippen MR) is 109 cm³/mol. The lowest BCUT2D eigenvalue weighted by Crippen LogP contribution is -2.52. The van der Waals surface area contributed by atoms with Gasteiger partial charge in [0.15, 0.2) is 0 Å². The number of hydrogen-bond acceptors (Lipinski definition) is 2. The van der Waals surface area contributed by atoms with E-state index in [0.717, 1.165) is 69.7 Å². The van der Waals surface area contributed by atoms with Crippen LogP contribution in [0.25, 0.3) is 0 Å². The molecule has 0 aromatic heterocycles. The molecule has 0 atom stereocenters. The van der Waals surface area contributed by atoms with Crippen molar-refractivity contribution in [1.82, 2.24) is 10.2 Å². The third-order valence-corrected chi connectivity index (χ3v) is 7.21. The van der Waals surface area contributed by atoms with E-state index in [0.29, 0.717) is 11.3 Å². The Labute approximate surface area is 168 Å². The van der Waals surface area contributed by atoms with Gasteiger partial charge < -0.3 is 10.2 Å². The van der Waals surface area contributed by atoms with Crippen molar-refractivity contribution < 1.29 is 4.79 Å². The molecule has 1 amide bonds. The first kappa shape index (κ1) is 20.0. The van der Waals surface area contributed by atoms with Gasteiger partial charge in [-0.15, -0.1) is 12.4 Å². The van der Waals surface area contributed by atoms with Crippen LogP contribution in [0.3, 0.4) is 0 Å². The SMILES string of the molecule is Cl.O=C(N1CCC2(CCNC2)CC1)C1(c2ccc(Cl)cc2)CCCCC1. The van der Waals surface area contributed by atoms with Crippen LogP contribution >= 0.6 is 24.0 Å². The van der Waals surface area contributed by atoms with Crippen LogP contribution in [0.1, 0.15) is 56.9 Å². The number of piperidine rings is 1. The van der Waals surface area contributed by atoms with Crippen LogP contribution in [0.15, 0.2) is 24.3 Å². The minimum atomic E-state index is -0.318. The summed E-state index contributed by atoms with van der Waals surface area (Å²) < 4.78 is 0. The van der Waals surface area contributed by atoms with E-state index in [1.807, 2.05) is 12.1 Å². The van der Waals surface area contributed by atoms with E-state index in [1.165, 1.54) is 18.4 Å². The van der Waals surface area contributed by atoms with E-state index in [-0.39, 0.29) is 17.8 Å². The molecule has 0 radical (unpaired) electrons. The average Bonchev–Trinajstić information content (AvgIpc) is 3.11. The van der Waals surface area contributed by atoms with Gasteiger partial charge in [-0.25, -0.2) is 0 Å². The number of nitrogens with zero attached hydrogens (tertiary/aromatic N) is 1. The van der Waals surface area contributed by atoms with Gasteiger partial charge in [-0.2, -0.15) is 0 Å². The quantitative estimate of drug-likeness (QED) is 0.793. The number of halogens is 2. The molecule has 1 aliphatic carbocycles. The number of likely N-dealkylation sites (tertiary alicyclic amines) is 1. The lowest BCUT2D eigenvalue weighted by molar-refractivity contribution is -0.141. The molecule has 3 aliphatic rings. The zero-order chi connectivity index (χ0) is 17.3. The van der Waals surface area contributed by atoms with Crippen molar-refractivity contribution in [2.75, 3.05) is 26.2 Å². The van der Waals surface area contributed by atoms with Crippen molar-refractivity contribution in [2.45, 2.75) is 56.8 Å². The van der Waals surface area contributed by atoms with Gasteiger partial charge in [-0.05, 0) is 61.8 Å². The summed E-state index contributed by atoms with van der Waals surface area (Å²) in [5.74, 6) is 0.371. The number of carbonyl (C=O) groups excluding carboxylic acids is 1. The summed E-state index contributed by atoms with van der Waals surface area (Å²) in [4.78, 5) is 15.8. The number of rotatable bonds is 2. The molecule has 5 heteroatoms. The number of nitrogens with one attached hydrogen (secondary N) is 1. The summed E-state index contributed by atoms with van der Waals surface area (Å²) in [5.41, 5.74) is 1.31. The van der Waals surface area contributed by atoms with Gasteiger partial charge in [0.1, 0.15) is 0 Å². The molecule has 1 aromatic carbocycles.